The summed E-state index contributed by atoms with van der Waals surface area (Å²) in [6, 6.07) is 0. The van der Waals surface area contributed by atoms with E-state index >= 15 is 0 Å². The highest BCUT2D eigenvalue weighted by Crippen LogP contribution is 2.47. The van der Waals surface area contributed by atoms with E-state index in [0.29, 0.717) is 44.0 Å². The first-order valence-electron chi connectivity index (χ1n) is 18.4. The number of hydrogen-bond donors (Lipinski definition) is 2. The molecule has 13 heteroatoms. The number of unbranched alkanes of at least 4 members (excludes halogenated alkanes) is 4. The van der Waals surface area contributed by atoms with E-state index in [-0.39, 0.29) is 53.3 Å². The van der Waals surface area contributed by atoms with Crippen LogP contribution in [0.2, 0.25) is 0 Å². The number of aliphatic hydroxyl groups excluding tert-OH is 1. The number of carbonyl (C=O) groups excluding carboxylic acids is 2. The van der Waals surface area contributed by atoms with Gasteiger partial charge in [-0.1, -0.05) is 80.4 Å². The third-order valence-electron chi connectivity index (χ3n) is 9.02. The SMILES string of the molecule is C.C=C1CCCCOCC[C@@H]2CCO[C@H](/C=C/C(C)(C)[C@]3(O)O[C@@H](C/C(=C\C(=O)OC)[C@@H]3OC(=O)CCCCCCC)C[C@H](CO)O1)O2.CC.O.[B]. The Bertz CT molecular complexity index is 1060. The van der Waals surface area contributed by atoms with Gasteiger partial charge in [0.2, 0.25) is 5.79 Å². The fourth-order valence-corrected chi connectivity index (χ4v) is 6.12. The van der Waals surface area contributed by atoms with Crippen molar-refractivity contribution in [3.63, 3.8) is 0 Å². The van der Waals surface area contributed by atoms with Gasteiger partial charge in [0.15, 0.2) is 12.4 Å². The first-order valence-corrected chi connectivity index (χ1v) is 18.4. The lowest BCUT2D eigenvalue weighted by Gasteiger charge is -2.51. The van der Waals surface area contributed by atoms with Gasteiger partial charge in [-0.2, -0.15) is 0 Å². The fraction of sp³-hybridized carbons (Fsp3) is 0.795. The zero-order valence-corrected chi connectivity index (χ0v) is 32.0. The molecule has 0 unspecified atom stereocenters. The molecule has 0 aromatic carbocycles. The Balaban J connectivity index is 0. The molecule has 2 fully saturated rings. The second-order valence-electron chi connectivity index (χ2n) is 13.3. The molecule has 2 saturated heterocycles. The lowest BCUT2D eigenvalue weighted by atomic mass is 9.74. The van der Waals surface area contributed by atoms with Crippen LogP contribution in [0.1, 0.15) is 126 Å². The van der Waals surface area contributed by atoms with Crippen molar-refractivity contribution in [3.05, 3.63) is 36.1 Å². The number of fused-ring (bicyclic) bond motifs is 4. The van der Waals surface area contributed by atoms with Gasteiger partial charge in [-0.25, -0.2) is 4.79 Å². The van der Waals surface area contributed by atoms with Gasteiger partial charge in [0.1, 0.15) is 6.10 Å². The highest BCUT2D eigenvalue weighted by molar-refractivity contribution is 5.83. The number of allylic oxidation sites excluding steroid dienone is 1. The predicted molar refractivity (Wildman–Crippen MR) is 202 cm³/mol. The molecule has 12 nitrogen and oxygen atoms in total. The Labute approximate surface area is 315 Å². The summed E-state index contributed by atoms with van der Waals surface area (Å²) in [6.45, 7) is 15.1. The quantitative estimate of drug-likeness (QED) is 0.0952. The van der Waals surface area contributed by atoms with E-state index in [1.54, 1.807) is 26.0 Å². The highest BCUT2D eigenvalue weighted by atomic mass is 16.7. The summed E-state index contributed by atoms with van der Waals surface area (Å²) in [6.07, 6.45) is 10.2. The van der Waals surface area contributed by atoms with Crippen molar-refractivity contribution in [1.82, 2.24) is 0 Å². The van der Waals surface area contributed by atoms with Crippen molar-refractivity contribution in [1.29, 1.82) is 0 Å². The van der Waals surface area contributed by atoms with E-state index < -0.39 is 47.7 Å². The molecule has 0 saturated carbocycles. The maximum absolute atomic E-state index is 13.2. The minimum atomic E-state index is -2.14. The summed E-state index contributed by atoms with van der Waals surface area (Å²) in [4.78, 5) is 25.8. The lowest BCUT2D eigenvalue weighted by Crippen LogP contribution is -2.62. The Kier molecular flexibility index (Phi) is 27.3. The fourth-order valence-electron chi connectivity index (χ4n) is 6.12. The largest absolute Gasteiger partial charge is 0.493 e. The summed E-state index contributed by atoms with van der Waals surface area (Å²) in [5.41, 5.74) is -0.852. The van der Waals surface area contributed by atoms with E-state index in [9.17, 15) is 19.8 Å². The molecule has 3 radical (unpaired) electrons. The molecule has 301 valence electrons. The molecule has 4 bridgehead atoms. The molecule has 3 aliphatic rings. The molecule has 0 aliphatic carbocycles. The van der Waals surface area contributed by atoms with Crippen LogP contribution in [0.25, 0.3) is 0 Å². The Morgan fingerprint density at radius 1 is 1.06 bits per heavy atom. The third kappa shape index (κ3) is 16.8. The van der Waals surface area contributed by atoms with Crippen molar-refractivity contribution >= 4 is 20.4 Å². The summed E-state index contributed by atoms with van der Waals surface area (Å²) in [7, 11) is 1.26. The first-order chi connectivity index (χ1) is 23.5. The van der Waals surface area contributed by atoms with E-state index in [2.05, 4.69) is 13.5 Å². The first kappa shape index (κ1) is 51.9. The monoisotopic (exact) mass is 741 g/mol. The molecule has 3 rings (SSSR count). The summed E-state index contributed by atoms with van der Waals surface area (Å²) in [5, 5.41) is 22.8. The predicted octanol–water partition coefficient (Wildman–Crippen LogP) is 5.88. The van der Waals surface area contributed by atoms with Gasteiger partial charge in [0.05, 0.1) is 38.3 Å². The Hall–Kier alpha value is -2.26. The average Bonchev–Trinajstić information content (AvgIpc) is 3.08. The molecule has 0 spiro atoms. The molecular formula is C39H70BO12. The van der Waals surface area contributed by atoms with Crippen LogP contribution in [-0.4, -0.2) is 106 Å². The highest BCUT2D eigenvalue weighted by Gasteiger charge is 2.57. The smallest absolute Gasteiger partial charge is 0.330 e. The van der Waals surface area contributed by atoms with Gasteiger partial charge in [-0.05, 0) is 50.2 Å². The molecule has 4 N–H and O–H groups in total. The van der Waals surface area contributed by atoms with E-state index in [1.807, 2.05) is 13.8 Å². The van der Waals surface area contributed by atoms with Crippen LogP contribution in [-0.2, 0) is 42.7 Å². The van der Waals surface area contributed by atoms with Gasteiger partial charge in [0.25, 0.3) is 0 Å². The van der Waals surface area contributed by atoms with Gasteiger partial charge in [0, 0.05) is 52.4 Å². The number of carbonyl (C=O) groups is 2. The molecule has 52 heavy (non-hydrogen) atoms. The van der Waals surface area contributed by atoms with Crippen LogP contribution in [0.15, 0.2) is 36.1 Å². The van der Waals surface area contributed by atoms with E-state index in [1.165, 1.54) is 13.2 Å². The third-order valence-corrected chi connectivity index (χ3v) is 9.02. The van der Waals surface area contributed by atoms with Crippen molar-refractivity contribution in [2.45, 2.75) is 162 Å². The molecule has 3 aliphatic heterocycles. The lowest BCUT2D eigenvalue weighted by molar-refractivity contribution is -0.327. The van der Waals surface area contributed by atoms with Crippen LogP contribution >= 0.6 is 0 Å². The number of rotatable bonds is 9. The van der Waals surface area contributed by atoms with Gasteiger partial charge in [-0.3, -0.25) is 4.79 Å². The molecule has 0 amide bonds. The van der Waals surface area contributed by atoms with Crippen LogP contribution in [0.3, 0.4) is 0 Å². The minimum Gasteiger partial charge on any atom is -0.493 e. The normalized spacial score (nSPS) is 29.5. The van der Waals surface area contributed by atoms with Crippen LogP contribution < -0.4 is 0 Å². The standard InChI is InChI=1S/C36H58O11.C2H6.CH4.B.H2O/c1-6-7-8-9-10-14-31(38)46-34-27(23-32(39)41-5)22-29-24-30(25-37)44-26(2)13-11-12-19-42-20-16-28-17-21-43-33(45-28)15-18-35(3,4)36(34,40)47-29;1-2;;;/h15,18,23,28-30,33-34,37,40H,2,6-14,16-17,19-22,24-25H2,1,3-5H3;1-2H3;1H4;;1H2/b18-15+,27-23+;;;;/t28-,29+,30-,33+,34+,36-;;;;/m1..../s1. The summed E-state index contributed by atoms with van der Waals surface area (Å²) >= 11 is 0. The van der Waals surface area contributed by atoms with Crippen molar-refractivity contribution in [2.75, 3.05) is 33.5 Å². The molecular weight excluding hydrogens is 671 g/mol. The zero-order valence-electron chi connectivity index (χ0n) is 32.0. The maximum Gasteiger partial charge on any atom is 0.330 e. The number of aliphatic hydroxyl groups is 2. The number of esters is 2. The summed E-state index contributed by atoms with van der Waals surface area (Å²) < 4.78 is 41.3. The Morgan fingerprint density at radius 2 is 1.75 bits per heavy atom. The summed E-state index contributed by atoms with van der Waals surface area (Å²) in [5.74, 6) is -2.75. The van der Waals surface area contributed by atoms with Gasteiger partial charge in [-0.15, -0.1) is 0 Å². The number of hydrogen-bond acceptors (Lipinski definition) is 11. The topological polar surface area (TPSA) is 171 Å². The minimum absolute atomic E-state index is 0. The van der Waals surface area contributed by atoms with E-state index in [4.69, 9.17) is 33.2 Å². The number of methoxy groups -OCH3 is 1. The van der Waals surface area contributed by atoms with Gasteiger partial charge >= 0.3 is 11.9 Å². The second kappa shape index (κ2) is 27.3. The molecule has 0 aromatic heterocycles. The second-order valence-corrected chi connectivity index (χ2v) is 13.3. The molecule has 0 aromatic rings. The molecule has 3 heterocycles. The van der Waals surface area contributed by atoms with E-state index in [0.717, 1.165) is 51.4 Å². The molecule has 6 atom stereocenters. The van der Waals surface area contributed by atoms with Crippen LogP contribution in [0, 0.1) is 5.41 Å². The van der Waals surface area contributed by atoms with Gasteiger partial charge < -0.3 is 48.8 Å². The van der Waals surface area contributed by atoms with Crippen molar-refractivity contribution in [2.24, 2.45) is 5.41 Å². The van der Waals surface area contributed by atoms with Crippen LogP contribution in [0.5, 0.6) is 0 Å². The maximum atomic E-state index is 13.2. The zero-order chi connectivity index (χ0) is 36.3. The Morgan fingerprint density at radius 3 is 2.42 bits per heavy atom. The number of ether oxygens (including phenoxy) is 7. The van der Waals surface area contributed by atoms with Crippen molar-refractivity contribution < 1.29 is 58.4 Å². The van der Waals surface area contributed by atoms with Crippen LogP contribution in [0.4, 0.5) is 0 Å². The van der Waals surface area contributed by atoms with Crippen molar-refractivity contribution in [3.8, 4) is 0 Å². The average molecular weight is 742 g/mol.